The first kappa shape index (κ1) is 14.5. The monoisotopic (exact) mass is 227 g/mol. The topological polar surface area (TPSA) is 3.88 Å². The second-order valence-corrected chi connectivity index (χ2v) is 2.47. The summed E-state index contributed by atoms with van der Waals surface area (Å²) in [5, 5.41) is 0. The first-order chi connectivity index (χ1) is 4.93. The van der Waals surface area contributed by atoms with E-state index in [0.29, 0.717) is 0 Å². The molecule has 1 aromatic rings. The van der Waals surface area contributed by atoms with Gasteiger partial charge in [0, 0.05) is 35.6 Å². The maximum atomic E-state index is 2.21. The third kappa shape index (κ3) is 5.59. The summed E-state index contributed by atoms with van der Waals surface area (Å²) < 4.78 is 2.21. The number of aryl methyl sites for hydroxylation is 1. The molecule has 12 heavy (non-hydrogen) atoms. The molecule has 1 nitrogen and oxygen atoms in total. The van der Waals surface area contributed by atoms with Crippen molar-refractivity contribution in [2.24, 2.45) is 0 Å². The van der Waals surface area contributed by atoms with Gasteiger partial charge in [0.1, 0.15) is 6.54 Å². The fourth-order valence-corrected chi connectivity index (χ4v) is 0.924. The first-order valence-corrected chi connectivity index (χ1v) is 3.87. The van der Waals surface area contributed by atoms with E-state index in [1.807, 2.05) is 6.07 Å². The van der Waals surface area contributed by atoms with Crippen LogP contribution >= 0.6 is 0 Å². The first-order valence-electron chi connectivity index (χ1n) is 3.87. The largest absolute Gasteiger partial charge is 1.00 e. The molecule has 1 aromatic heterocycles. The zero-order valence-corrected chi connectivity index (χ0v) is 9.05. The third-order valence-corrected chi connectivity index (χ3v) is 1.55. The van der Waals surface area contributed by atoms with Crippen LogP contribution in [0.2, 0.25) is 0 Å². The molecule has 0 aliphatic carbocycles. The van der Waals surface area contributed by atoms with E-state index < -0.39 is 0 Å². The van der Waals surface area contributed by atoms with Crippen molar-refractivity contribution in [2.45, 2.75) is 26.3 Å². The van der Waals surface area contributed by atoms with Crippen LogP contribution in [0, 0.1) is 0 Å². The quantitative estimate of drug-likeness (QED) is 0.450. The van der Waals surface area contributed by atoms with Gasteiger partial charge in [-0.2, -0.15) is 0 Å². The predicted octanol–water partition coefficient (Wildman–Crippen LogP) is -1.22. The Balaban J connectivity index is 0. The zero-order chi connectivity index (χ0) is 7.23. The van der Waals surface area contributed by atoms with E-state index in [1.165, 1.54) is 12.8 Å². The summed E-state index contributed by atoms with van der Waals surface area (Å²) in [5.74, 6) is 0. The van der Waals surface area contributed by atoms with Crippen LogP contribution in [0.4, 0.5) is 0 Å². The van der Waals surface area contributed by atoms with Crippen molar-refractivity contribution >= 4 is 0 Å². The van der Waals surface area contributed by atoms with Gasteiger partial charge in [-0.3, -0.25) is 0 Å². The van der Waals surface area contributed by atoms with E-state index in [0.717, 1.165) is 6.54 Å². The van der Waals surface area contributed by atoms with E-state index in [-0.39, 0.29) is 29.5 Å². The Hall–Kier alpha value is -0.0405. The summed E-state index contributed by atoms with van der Waals surface area (Å²) in [6, 6.07) is 6.17. The number of aromatic nitrogens is 1. The molecule has 0 saturated heterocycles. The second kappa shape index (κ2) is 9.05. The molecule has 0 spiro atoms. The van der Waals surface area contributed by atoms with Gasteiger partial charge in [0.15, 0.2) is 12.4 Å². The van der Waals surface area contributed by atoms with Crippen molar-refractivity contribution in [3.05, 3.63) is 30.6 Å². The van der Waals surface area contributed by atoms with Gasteiger partial charge in [-0.25, -0.2) is 4.57 Å². The third-order valence-electron chi connectivity index (χ3n) is 1.55. The normalized spacial score (nSPS) is 8.08. The van der Waals surface area contributed by atoms with Crippen molar-refractivity contribution in [1.82, 2.24) is 0 Å². The molecule has 0 radical (unpaired) electrons. The molecule has 1 heterocycles. The molecule has 0 amide bonds. The molecular weight excluding hydrogens is 213 g/mol. The minimum absolute atomic E-state index is 0. The molecule has 3 heteroatoms. The number of hydrogen-bond donors (Lipinski definition) is 0. The van der Waals surface area contributed by atoms with Gasteiger partial charge in [0.05, 0.1) is 0 Å². The molecule has 1 rings (SSSR count). The molecule has 0 N–H and O–H groups in total. The molecule has 0 aliphatic rings. The van der Waals surface area contributed by atoms with Gasteiger partial charge < -0.3 is 12.4 Å². The van der Waals surface area contributed by atoms with Crippen LogP contribution in [-0.2, 0) is 23.6 Å². The second-order valence-electron chi connectivity index (χ2n) is 2.47. The summed E-state index contributed by atoms with van der Waals surface area (Å²) in [6.45, 7) is 3.36. The maximum absolute atomic E-state index is 2.21. The number of halogens is 1. The van der Waals surface area contributed by atoms with Crippen LogP contribution in [-0.4, -0.2) is 0 Å². The van der Waals surface area contributed by atoms with Gasteiger partial charge in [-0.05, 0) is 0 Å². The molecule has 0 unspecified atom stereocenters. The number of unbranched alkanes of at least 4 members (excludes halogenated alkanes) is 1. The Labute approximate surface area is 91.1 Å². The van der Waals surface area contributed by atoms with Crippen LogP contribution in [0.5, 0.6) is 0 Å². The van der Waals surface area contributed by atoms with E-state index in [1.54, 1.807) is 0 Å². The smallest absolute Gasteiger partial charge is 0.168 e. The molecular formula is C9H14ClFeN. The summed E-state index contributed by atoms with van der Waals surface area (Å²) >= 11 is 0. The summed E-state index contributed by atoms with van der Waals surface area (Å²) in [7, 11) is 0. The van der Waals surface area contributed by atoms with Gasteiger partial charge in [0.25, 0.3) is 0 Å². The number of pyridine rings is 1. The Bertz CT molecular complexity index is 179. The predicted molar refractivity (Wildman–Crippen MR) is 41.5 cm³/mol. The minimum atomic E-state index is 0. The van der Waals surface area contributed by atoms with Crippen molar-refractivity contribution in [2.75, 3.05) is 0 Å². The van der Waals surface area contributed by atoms with Crippen molar-refractivity contribution in [3.63, 3.8) is 0 Å². The standard InChI is InChI=1S/C9H14N.ClH.Fe/c1-2-3-7-10-8-5-4-6-9-10;;/h4-6,8-9H,2-3,7H2,1H3;1H;/q+1;;/p-1. The Morgan fingerprint density at radius 1 is 1.08 bits per heavy atom. The summed E-state index contributed by atoms with van der Waals surface area (Å²) in [5.41, 5.74) is 0. The Morgan fingerprint density at radius 2 is 1.67 bits per heavy atom. The van der Waals surface area contributed by atoms with Gasteiger partial charge >= 0.3 is 0 Å². The summed E-state index contributed by atoms with van der Waals surface area (Å²) in [6.07, 6.45) is 6.75. The number of nitrogens with zero attached hydrogens (tertiary/aromatic N) is 1. The van der Waals surface area contributed by atoms with E-state index in [9.17, 15) is 0 Å². The van der Waals surface area contributed by atoms with Gasteiger partial charge in [0.2, 0.25) is 0 Å². The Kier molecular flexibility index (Phi) is 10.9. The fraction of sp³-hybridized carbons (Fsp3) is 0.444. The SMILES string of the molecule is CCCC[n+]1ccccc1.[Cl-].[Fe]. The average molecular weight is 228 g/mol. The number of rotatable bonds is 3. The van der Waals surface area contributed by atoms with Gasteiger partial charge in [-0.15, -0.1) is 0 Å². The van der Waals surface area contributed by atoms with E-state index in [4.69, 9.17) is 0 Å². The van der Waals surface area contributed by atoms with Crippen LogP contribution in [0.15, 0.2) is 30.6 Å². The zero-order valence-electron chi connectivity index (χ0n) is 7.19. The molecule has 0 bridgehead atoms. The molecule has 0 saturated carbocycles. The molecule has 0 aliphatic heterocycles. The number of hydrogen-bond acceptors (Lipinski definition) is 0. The maximum Gasteiger partial charge on any atom is 0.168 e. The van der Waals surface area contributed by atoms with Crippen molar-refractivity contribution < 1.29 is 34.0 Å². The van der Waals surface area contributed by atoms with Crippen LogP contribution in [0.25, 0.3) is 0 Å². The van der Waals surface area contributed by atoms with E-state index in [2.05, 4.69) is 36.0 Å². The van der Waals surface area contributed by atoms with Crippen LogP contribution in [0.1, 0.15) is 19.8 Å². The fourth-order valence-electron chi connectivity index (χ4n) is 0.924. The minimum Gasteiger partial charge on any atom is -1.00 e. The Morgan fingerprint density at radius 3 is 2.17 bits per heavy atom. The molecule has 70 valence electrons. The van der Waals surface area contributed by atoms with Crippen LogP contribution < -0.4 is 17.0 Å². The average Bonchev–Trinajstić information content (AvgIpc) is 2.03. The molecule has 0 atom stereocenters. The van der Waals surface area contributed by atoms with Crippen LogP contribution in [0.3, 0.4) is 0 Å². The molecule has 0 fully saturated rings. The molecule has 0 aromatic carbocycles. The van der Waals surface area contributed by atoms with Crippen molar-refractivity contribution in [1.29, 1.82) is 0 Å². The van der Waals surface area contributed by atoms with E-state index >= 15 is 0 Å². The summed E-state index contributed by atoms with van der Waals surface area (Å²) in [4.78, 5) is 0. The van der Waals surface area contributed by atoms with Crippen molar-refractivity contribution in [3.8, 4) is 0 Å². The van der Waals surface area contributed by atoms with Gasteiger partial charge in [-0.1, -0.05) is 19.4 Å².